The zero-order chi connectivity index (χ0) is 15.9. The summed E-state index contributed by atoms with van der Waals surface area (Å²) in [6.45, 7) is 1.64. The largest absolute Gasteiger partial charge is 0.460 e. The van der Waals surface area contributed by atoms with Crippen LogP contribution in [-0.4, -0.2) is 24.6 Å². The van der Waals surface area contributed by atoms with E-state index in [9.17, 15) is 9.59 Å². The van der Waals surface area contributed by atoms with Gasteiger partial charge in [-0.05, 0) is 47.1 Å². The summed E-state index contributed by atoms with van der Waals surface area (Å²) in [5, 5.41) is 6.26. The van der Waals surface area contributed by atoms with E-state index >= 15 is 0 Å². The molecule has 0 aliphatic carbocycles. The number of benzene rings is 1. The molecule has 1 aromatic heterocycles. The van der Waals surface area contributed by atoms with Crippen LogP contribution in [0, 0.1) is 6.92 Å². The number of hydrogen-bond acceptors (Lipinski definition) is 4. The first-order valence-corrected chi connectivity index (χ1v) is 7.26. The maximum absolute atomic E-state index is 11.9. The van der Waals surface area contributed by atoms with E-state index in [1.165, 1.54) is 6.21 Å². The van der Waals surface area contributed by atoms with Crippen LogP contribution >= 0.6 is 15.9 Å². The maximum atomic E-state index is 11.9. The number of nitrogens with zero attached hydrogens (tertiary/aromatic N) is 1. The summed E-state index contributed by atoms with van der Waals surface area (Å²) >= 11 is 3.28. The molecule has 2 N–H and O–H groups in total. The van der Waals surface area contributed by atoms with Gasteiger partial charge in [0.2, 0.25) is 0 Å². The van der Waals surface area contributed by atoms with Crippen LogP contribution in [0.4, 0.5) is 0 Å². The fraction of sp³-hybridized carbons (Fsp3) is 0.133. The van der Waals surface area contributed by atoms with Gasteiger partial charge >= 0.3 is 0 Å². The van der Waals surface area contributed by atoms with E-state index in [1.54, 1.807) is 36.4 Å². The van der Waals surface area contributed by atoms with Crippen molar-refractivity contribution in [1.82, 2.24) is 10.7 Å². The predicted octanol–water partition coefficient (Wildman–Crippen LogP) is 2.23. The van der Waals surface area contributed by atoms with Crippen molar-refractivity contribution >= 4 is 34.0 Å². The van der Waals surface area contributed by atoms with Crippen molar-refractivity contribution in [2.75, 3.05) is 6.54 Å². The third-order valence-corrected chi connectivity index (χ3v) is 3.36. The Morgan fingerprint density at radius 3 is 2.73 bits per heavy atom. The Bertz CT molecular complexity index is 710. The quantitative estimate of drug-likeness (QED) is 0.631. The molecule has 0 aliphatic rings. The lowest BCUT2D eigenvalue weighted by Crippen LogP contribution is -2.35. The molecule has 0 saturated carbocycles. The number of carbonyl (C=O) groups excluding carboxylic acids is 2. The van der Waals surface area contributed by atoms with Crippen LogP contribution in [0.25, 0.3) is 0 Å². The maximum Gasteiger partial charge on any atom is 0.259 e. The van der Waals surface area contributed by atoms with Gasteiger partial charge in [0, 0.05) is 4.47 Å². The minimum atomic E-state index is -0.431. The van der Waals surface area contributed by atoms with E-state index in [0.29, 0.717) is 15.8 Å². The van der Waals surface area contributed by atoms with Crippen LogP contribution in [0.3, 0.4) is 0 Å². The third kappa shape index (κ3) is 4.56. The molecule has 1 aromatic carbocycles. The first-order chi connectivity index (χ1) is 10.6. The van der Waals surface area contributed by atoms with Crippen LogP contribution in [0.1, 0.15) is 21.9 Å². The minimum Gasteiger partial charge on any atom is -0.460 e. The number of rotatable bonds is 5. The van der Waals surface area contributed by atoms with Crippen LogP contribution in [0.2, 0.25) is 0 Å². The molecule has 22 heavy (non-hydrogen) atoms. The molecular weight excluding hydrogens is 350 g/mol. The van der Waals surface area contributed by atoms with E-state index in [2.05, 4.69) is 31.8 Å². The SMILES string of the molecule is Cc1ccc(/C=N/NC(=O)CNC(=O)c2ccccc2Br)o1. The molecule has 0 unspecified atom stereocenters. The minimum absolute atomic E-state index is 0.172. The summed E-state index contributed by atoms with van der Waals surface area (Å²) < 4.78 is 5.92. The van der Waals surface area contributed by atoms with Crippen molar-refractivity contribution in [3.05, 3.63) is 58.0 Å². The van der Waals surface area contributed by atoms with Crippen molar-refractivity contribution < 1.29 is 14.0 Å². The van der Waals surface area contributed by atoms with E-state index in [-0.39, 0.29) is 12.5 Å². The van der Waals surface area contributed by atoms with E-state index in [0.717, 1.165) is 5.76 Å². The van der Waals surface area contributed by atoms with Crippen molar-refractivity contribution in [3.63, 3.8) is 0 Å². The number of hydrazone groups is 1. The van der Waals surface area contributed by atoms with Crippen molar-refractivity contribution in [2.45, 2.75) is 6.92 Å². The van der Waals surface area contributed by atoms with Gasteiger partial charge in [-0.15, -0.1) is 0 Å². The zero-order valence-electron chi connectivity index (χ0n) is 11.8. The molecule has 0 saturated heterocycles. The Labute approximate surface area is 135 Å². The number of furan rings is 1. The average Bonchev–Trinajstić information content (AvgIpc) is 2.91. The molecule has 6 nitrogen and oxygen atoms in total. The number of amides is 2. The summed E-state index contributed by atoms with van der Waals surface area (Å²) in [6, 6.07) is 10.5. The smallest absolute Gasteiger partial charge is 0.259 e. The summed E-state index contributed by atoms with van der Waals surface area (Å²) in [5.41, 5.74) is 2.77. The number of nitrogens with one attached hydrogen (secondary N) is 2. The lowest BCUT2D eigenvalue weighted by molar-refractivity contribution is -0.120. The highest BCUT2D eigenvalue weighted by Crippen LogP contribution is 2.15. The Hall–Kier alpha value is -2.41. The molecule has 2 amide bonds. The number of halogens is 1. The van der Waals surface area contributed by atoms with Crippen molar-refractivity contribution in [3.8, 4) is 0 Å². The first-order valence-electron chi connectivity index (χ1n) is 6.47. The number of hydrogen-bond donors (Lipinski definition) is 2. The predicted molar refractivity (Wildman–Crippen MR) is 85.7 cm³/mol. The van der Waals surface area contributed by atoms with Gasteiger partial charge < -0.3 is 9.73 Å². The van der Waals surface area contributed by atoms with Gasteiger partial charge in [-0.2, -0.15) is 5.10 Å². The van der Waals surface area contributed by atoms with E-state index < -0.39 is 5.91 Å². The van der Waals surface area contributed by atoms with Gasteiger partial charge in [-0.1, -0.05) is 12.1 Å². The van der Waals surface area contributed by atoms with Crippen LogP contribution in [0.5, 0.6) is 0 Å². The van der Waals surface area contributed by atoms with Crippen LogP contribution in [0.15, 0.2) is 50.4 Å². The van der Waals surface area contributed by atoms with Gasteiger partial charge in [0.25, 0.3) is 11.8 Å². The standard InChI is InChI=1S/C15H14BrN3O3/c1-10-6-7-11(22-10)8-18-19-14(20)9-17-15(21)12-4-2-3-5-13(12)16/h2-8H,9H2,1H3,(H,17,21)(H,19,20)/b18-8+. The lowest BCUT2D eigenvalue weighted by Gasteiger charge is -2.05. The fourth-order valence-corrected chi connectivity index (χ4v) is 2.10. The Morgan fingerprint density at radius 2 is 2.05 bits per heavy atom. The molecule has 7 heteroatoms. The average molecular weight is 364 g/mol. The third-order valence-electron chi connectivity index (χ3n) is 2.67. The highest BCUT2D eigenvalue weighted by atomic mass is 79.9. The summed E-state index contributed by atoms with van der Waals surface area (Å²) in [6.07, 6.45) is 1.39. The van der Waals surface area contributed by atoms with E-state index in [1.807, 2.05) is 6.92 Å². The summed E-state index contributed by atoms with van der Waals surface area (Å²) in [5.74, 6) is 0.525. The highest BCUT2D eigenvalue weighted by molar-refractivity contribution is 9.10. The molecule has 114 valence electrons. The number of carbonyl (C=O) groups is 2. The fourth-order valence-electron chi connectivity index (χ4n) is 1.63. The first kappa shape index (κ1) is 16.0. The zero-order valence-corrected chi connectivity index (χ0v) is 13.4. The molecule has 2 aromatic rings. The second-order valence-electron chi connectivity index (χ2n) is 4.40. The van der Waals surface area contributed by atoms with Gasteiger partial charge in [-0.25, -0.2) is 5.43 Å². The number of aryl methyl sites for hydroxylation is 1. The molecule has 0 atom stereocenters. The Morgan fingerprint density at radius 1 is 1.27 bits per heavy atom. The van der Waals surface area contributed by atoms with Crippen molar-refractivity contribution in [2.24, 2.45) is 5.10 Å². The monoisotopic (exact) mass is 363 g/mol. The van der Waals surface area contributed by atoms with Gasteiger partial charge in [0.15, 0.2) is 0 Å². The Kier molecular flexibility index (Phi) is 5.48. The van der Waals surface area contributed by atoms with Gasteiger partial charge in [0.05, 0.1) is 18.3 Å². The molecule has 1 heterocycles. The van der Waals surface area contributed by atoms with E-state index in [4.69, 9.17) is 4.42 Å². The van der Waals surface area contributed by atoms with Crippen molar-refractivity contribution in [1.29, 1.82) is 0 Å². The highest BCUT2D eigenvalue weighted by Gasteiger charge is 2.10. The van der Waals surface area contributed by atoms with Crippen LogP contribution < -0.4 is 10.7 Å². The molecule has 0 radical (unpaired) electrons. The Balaban J connectivity index is 1.79. The van der Waals surface area contributed by atoms with Gasteiger partial charge in [0.1, 0.15) is 11.5 Å². The molecule has 0 fully saturated rings. The second-order valence-corrected chi connectivity index (χ2v) is 5.26. The lowest BCUT2D eigenvalue weighted by atomic mass is 10.2. The summed E-state index contributed by atoms with van der Waals surface area (Å²) in [7, 11) is 0. The molecule has 0 bridgehead atoms. The topological polar surface area (TPSA) is 83.7 Å². The second kappa shape index (κ2) is 7.56. The normalized spacial score (nSPS) is 10.6. The molecule has 2 rings (SSSR count). The molecule has 0 aliphatic heterocycles. The van der Waals surface area contributed by atoms with Gasteiger partial charge in [-0.3, -0.25) is 9.59 Å². The van der Waals surface area contributed by atoms with Crippen LogP contribution in [-0.2, 0) is 4.79 Å². The molecule has 0 spiro atoms. The summed E-state index contributed by atoms with van der Waals surface area (Å²) in [4.78, 5) is 23.5. The molecular formula is C15H14BrN3O3.